The number of hydrogen-bond donors (Lipinski definition) is 15. The second kappa shape index (κ2) is 36.2. The second-order valence-corrected chi connectivity index (χ2v) is 24.2. The highest BCUT2D eigenvalue weighted by Gasteiger charge is 2.29. The van der Waals surface area contributed by atoms with Crippen LogP contribution < -0.4 is 47.4 Å². The Kier molecular flexibility index (Phi) is 29.1. The molecule has 0 radical (unpaired) electrons. The summed E-state index contributed by atoms with van der Waals surface area (Å²) in [4.78, 5) is 142. The van der Waals surface area contributed by atoms with Crippen LogP contribution in [0.25, 0.3) is 0 Å². The van der Waals surface area contributed by atoms with Crippen molar-refractivity contribution in [1.82, 2.24) is 16.0 Å². The molecular weight excluding hydrogens is 1330 g/mol. The van der Waals surface area contributed by atoms with E-state index in [1.165, 1.54) is 55.5 Å². The van der Waals surface area contributed by atoms with Gasteiger partial charge in [0.25, 0.3) is 0 Å². The number of esters is 3. The topological polar surface area (TPSA) is 540 Å². The summed E-state index contributed by atoms with van der Waals surface area (Å²) >= 11 is 3.18. The zero-order chi connectivity index (χ0) is 71.8. The summed E-state index contributed by atoms with van der Waals surface area (Å²) in [5.74, 6) is -17.0. The molecule has 0 fully saturated rings. The summed E-state index contributed by atoms with van der Waals surface area (Å²) in [5.41, 5.74) is 16.7. The van der Waals surface area contributed by atoms with Gasteiger partial charge in [0.1, 0.15) is 56.0 Å². The first kappa shape index (κ1) is 77.1. The number of ether oxygens (including phenoxy) is 3. The van der Waals surface area contributed by atoms with Crippen LogP contribution in [0, 0.1) is 45.6 Å². The van der Waals surface area contributed by atoms with E-state index in [2.05, 4.69) is 16.0 Å². The van der Waals surface area contributed by atoms with Gasteiger partial charge in [0.2, 0.25) is 17.7 Å². The molecule has 0 spiro atoms. The molecule has 96 heavy (non-hydrogen) atoms. The van der Waals surface area contributed by atoms with Crippen LogP contribution in [0.15, 0.2) is 97.1 Å². The molecule has 35 heteroatoms. The molecule has 3 unspecified atom stereocenters. The molecule has 3 amide bonds. The van der Waals surface area contributed by atoms with Crippen LogP contribution in [0.1, 0.15) is 107 Å². The molecule has 0 saturated carbocycles. The first-order chi connectivity index (χ1) is 45.0. The number of nitrogen functional groups attached to an aromatic ring is 3. The first-order valence-electron chi connectivity index (χ1n) is 27.9. The molecule has 18 N–H and O–H groups in total. The number of amides is 3. The van der Waals surface area contributed by atoms with Gasteiger partial charge in [-0.3, -0.25) is 45.0 Å². The first-order valence-corrected chi connectivity index (χ1v) is 30.4. The monoisotopic (exact) mass is 1390 g/mol. The quantitative estimate of drug-likeness (QED) is 0.0117. The van der Waals surface area contributed by atoms with Crippen molar-refractivity contribution in [3.05, 3.63) is 155 Å². The number of benzene rings is 3. The van der Waals surface area contributed by atoms with Gasteiger partial charge in [-0.25, -0.2) is 37.5 Å². The molecule has 0 bridgehead atoms. The van der Waals surface area contributed by atoms with Crippen LogP contribution >= 0.6 is 34.0 Å². The van der Waals surface area contributed by atoms with Crippen molar-refractivity contribution in [2.24, 2.45) is 35.0 Å². The number of aliphatic carboxylic acids is 6. The zero-order valence-electron chi connectivity index (χ0n) is 50.7. The maximum Gasteiger partial charge on any atom is 0.353 e. The fraction of sp³-hybridized carbons (Fsp3) is 0.262. The van der Waals surface area contributed by atoms with E-state index < -0.39 is 138 Å². The van der Waals surface area contributed by atoms with Crippen molar-refractivity contribution in [3.63, 3.8) is 0 Å². The predicted molar refractivity (Wildman–Crippen MR) is 339 cm³/mol. The lowest BCUT2D eigenvalue weighted by Crippen LogP contribution is -2.44. The van der Waals surface area contributed by atoms with E-state index in [4.69, 9.17) is 78.3 Å². The van der Waals surface area contributed by atoms with E-state index in [0.717, 1.165) is 46.1 Å². The summed E-state index contributed by atoms with van der Waals surface area (Å²) in [6.07, 6.45) is -1.55. The van der Waals surface area contributed by atoms with Crippen LogP contribution in [0.3, 0.4) is 0 Å². The fourth-order valence-corrected chi connectivity index (χ4v) is 10.9. The molecule has 0 saturated heterocycles. The number of rotatable bonds is 31. The van der Waals surface area contributed by atoms with Gasteiger partial charge in [0.05, 0.1) is 12.8 Å². The van der Waals surface area contributed by atoms with Gasteiger partial charge in [0.15, 0.2) is 23.1 Å². The Morgan fingerprint density at radius 1 is 0.438 bits per heavy atom. The molecule has 3 heterocycles. The van der Waals surface area contributed by atoms with Crippen molar-refractivity contribution in [1.29, 1.82) is 16.2 Å². The van der Waals surface area contributed by atoms with E-state index in [-0.39, 0.29) is 81.3 Å². The van der Waals surface area contributed by atoms with Gasteiger partial charge in [-0.1, -0.05) is 20.8 Å². The Balaban J connectivity index is 0.000000306. The van der Waals surface area contributed by atoms with Crippen molar-refractivity contribution in [2.75, 3.05) is 0 Å². The lowest BCUT2D eigenvalue weighted by atomic mass is 10.0. The number of carbonyl (C=O) groups is 12. The van der Waals surface area contributed by atoms with E-state index in [9.17, 15) is 66.3 Å². The van der Waals surface area contributed by atoms with Gasteiger partial charge in [-0.05, 0) is 123 Å². The maximum absolute atomic E-state index is 14.1. The molecule has 510 valence electrons. The van der Waals surface area contributed by atoms with Gasteiger partial charge < -0.3 is 78.0 Å². The van der Waals surface area contributed by atoms with Crippen molar-refractivity contribution in [3.8, 4) is 17.2 Å². The average molecular weight is 1390 g/mol. The Hall–Kier alpha value is -11.3. The number of carboxylic acid groups (broad SMARTS) is 6. The molecule has 6 rings (SSSR count). The van der Waals surface area contributed by atoms with Gasteiger partial charge in [-0.15, -0.1) is 34.0 Å². The third-order valence-corrected chi connectivity index (χ3v) is 16.2. The Labute approximate surface area is 554 Å². The SMILES string of the molecule is CC(Cc1ccc(C(=O)Oc2ccc(C(=N)N)cc2)s1)C(=O)N[C@H](CC(=O)O)C(=O)O.CC(Cc1ccc(C(=O)Oc2ccc(C(=N)N)cc2F)s1)C(=O)N[C@@H](CCC(=O)O)C(=O)O.CC(Cc1ccc(C(=O)Oc2ccc(C(=N)N)cc2F)s1)C(=O)N[C@H](CC(=O)O)C(=O)O. The number of hydrogen-bond acceptors (Lipinski definition) is 21. The standard InChI is InChI=1S/C21H22FN3O7S.C20H20FN3O7S.C20H21N3O7S/c1-10(19(28)25-14(20(29)30)4-7-17(26)27)8-12-3-6-16(33-12)21(31)32-15-5-2-11(18(23)24)9-13(15)22;1-9(18(27)24-13(19(28)29)8-16(25)26)6-11-3-5-15(32-11)20(30)31-14-4-2-10(17(22)23)7-12(14)21;1-10(18(26)23-14(19(27)28)9-16(24)25)8-13-6-7-15(31-13)20(29)30-12-4-2-11(3-5-12)17(21)22/h2-3,5-6,9-10,14H,4,7-8H2,1H3,(H3,23,24)(H,25,28)(H,26,27)(H,29,30);2-5,7,9,13H,6,8H2,1H3,(H3,22,23)(H,24,27)(H,25,26)(H,28,29);2-7,10,14H,8-9H2,1H3,(H3,21,22)(H,23,26)(H,24,25)(H,27,28)/t10?,14-;9?,13-;10?,14-/m011/s1. The molecule has 0 aliphatic carbocycles. The van der Waals surface area contributed by atoms with Crippen LogP contribution in [-0.2, 0) is 62.4 Å². The largest absolute Gasteiger partial charge is 0.481 e. The molecular formula is C61H63F2N9O21S3. The number of halogens is 2. The lowest BCUT2D eigenvalue weighted by Gasteiger charge is -2.17. The van der Waals surface area contributed by atoms with Crippen LogP contribution in [0.2, 0.25) is 0 Å². The average Bonchev–Trinajstić information content (AvgIpc) is 1.53. The van der Waals surface area contributed by atoms with Crippen LogP contribution in [0.5, 0.6) is 17.2 Å². The Morgan fingerprint density at radius 2 is 0.750 bits per heavy atom. The zero-order valence-corrected chi connectivity index (χ0v) is 53.1. The smallest absolute Gasteiger partial charge is 0.353 e. The summed E-state index contributed by atoms with van der Waals surface area (Å²) in [7, 11) is 0. The van der Waals surface area contributed by atoms with E-state index in [1.54, 1.807) is 50.2 Å². The van der Waals surface area contributed by atoms with Crippen molar-refractivity contribution >= 4 is 123 Å². The van der Waals surface area contributed by atoms with E-state index >= 15 is 0 Å². The molecule has 6 aromatic rings. The highest BCUT2D eigenvalue weighted by molar-refractivity contribution is 7.14. The molecule has 0 aliphatic heterocycles. The molecule has 3 aromatic carbocycles. The minimum atomic E-state index is -1.55. The fourth-order valence-electron chi connectivity index (χ4n) is 7.85. The molecule has 3 aromatic heterocycles. The predicted octanol–water partition coefficient (Wildman–Crippen LogP) is 5.09. The molecule has 0 aliphatic rings. The van der Waals surface area contributed by atoms with Gasteiger partial charge >= 0.3 is 53.7 Å². The highest BCUT2D eigenvalue weighted by atomic mass is 32.1. The maximum atomic E-state index is 14.1. The van der Waals surface area contributed by atoms with E-state index in [1.807, 2.05) is 0 Å². The summed E-state index contributed by atoms with van der Waals surface area (Å²) in [6.45, 7) is 4.66. The van der Waals surface area contributed by atoms with Crippen LogP contribution in [-0.4, -0.2) is 138 Å². The highest BCUT2D eigenvalue weighted by Crippen LogP contribution is 2.28. The third kappa shape index (κ3) is 24.9. The Morgan fingerprint density at radius 3 is 1.04 bits per heavy atom. The number of thiophene rings is 3. The van der Waals surface area contributed by atoms with Gasteiger partial charge in [-0.2, -0.15) is 0 Å². The molecule has 30 nitrogen and oxygen atoms in total. The van der Waals surface area contributed by atoms with E-state index in [0.29, 0.717) is 25.1 Å². The third-order valence-electron chi connectivity index (χ3n) is 13.0. The molecule has 6 atom stereocenters. The number of nitrogens with one attached hydrogen (secondary N) is 6. The number of amidine groups is 3. The number of carbonyl (C=O) groups excluding carboxylic acids is 6. The van der Waals surface area contributed by atoms with Crippen molar-refractivity contribution < 1.29 is 111 Å². The van der Waals surface area contributed by atoms with Gasteiger partial charge in [0, 0.05) is 55.5 Å². The van der Waals surface area contributed by atoms with Crippen molar-refractivity contribution in [2.45, 2.75) is 83.8 Å². The summed E-state index contributed by atoms with van der Waals surface area (Å²) < 4.78 is 43.5. The summed E-state index contributed by atoms with van der Waals surface area (Å²) in [5, 5.41) is 82.0. The Bertz CT molecular complexity index is 3950. The summed E-state index contributed by atoms with van der Waals surface area (Å²) in [6, 6.07) is 18.0. The van der Waals surface area contributed by atoms with Crippen LogP contribution in [0.4, 0.5) is 8.78 Å². The minimum Gasteiger partial charge on any atom is -0.481 e. The lowest BCUT2D eigenvalue weighted by molar-refractivity contribution is -0.147. The normalized spacial score (nSPS) is 12.4. The number of carboxylic acids is 6. The minimum absolute atomic E-state index is 0.100. The second-order valence-electron chi connectivity index (χ2n) is 20.7. The number of nitrogens with two attached hydrogens (primary N) is 3.